The molecule has 0 fully saturated rings. The molecular weight excluding hydrogens is 294 g/mol. The lowest BCUT2D eigenvalue weighted by Crippen LogP contribution is -2.07. The van der Waals surface area contributed by atoms with Crippen molar-refractivity contribution in [3.8, 4) is 0 Å². The maximum atomic E-state index is 11.5. The van der Waals surface area contributed by atoms with Gasteiger partial charge in [0.1, 0.15) is 0 Å². The van der Waals surface area contributed by atoms with Crippen LogP contribution >= 0.6 is 22.7 Å². The summed E-state index contributed by atoms with van der Waals surface area (Å²) in [7, 11) is 1.36. The lowest BCUT2D eigenvalue weighted by molar-refractivity contribution is 0.0594. The number of nitrogens with one attached hydrogen (secondary N) is 1. The first-order valence-electron chi connectivity index (χ1n) is 6.18. The van der Waals surface area contributed by atoms with E-state index in [2.05, 4.69) is 22.2 Å². The van der Waals surface area contributed by atoms with Crippen LogP contribution in [0.5, 0.6) is 0 Å². The zero-order valence-corrected chi connectivity index (χ0v) is 13.7. The second-order valence-corrected chi connectivity index (χ2v) is 6.90. The molecule has 5 nitrogen and oxygen atoms in total. The number of aromatic nitrogens is 2. The Balaban J connectivity index is 2.18. The Morgan fingerprint density at radius 1 is 1.25 bits per heavy atom. The van der Waals surface area contributed by atoms with Gasteiger partial charge < -0.3 is 10.1 Å². The maximum Gasteiger partial charge on any atom is 0.357 e. The van der Waals surface area contributed by atoms with E-state index in [0.29, 0.717) is 5.69 Å². The average Bonchev–Trinajstić information content (AvgIpc) is 2.91. The van der Waals surface area contributed by atoms with Crippen molar-refractivity contribution < 1.29 is 9.53 Å². The highest BCUT2D eigenvalue weighted by molar-refractivity contribution is 7.15. The number of nitrogens with zero attached hydrogens (tertiary/aromatic N) is 2. The summed E-state index contributed by atoms with van der Waals surface area (Å²) in [4.78, 5) is 22.3. The number of rotatable bonds is 4. The van der Waals surface area contributed by atoms with E-state index in [1.165, 1.54) is 23.3 Å². The van der Waals surface area contributed by atoms with Crippen molar-refractivity contribution in [2.24, 2.45) is 0 Å². The zero-order valence-electron chi connectivity index (χ0n) is 12.1. The topological polar surface area (TPSA) is 64.1 Å². The third-order valence-corrected chi connectivity index (χ3v) is 5.01. The highest BCUT2D eigenvalue weighted by Crippen LogP contribution is 2.30. The van der Waals surface area contributed by atoms with Gasteiger partial charge >= 0.3 is 5.97 Å². The standard InChI is InChI=1S/C13H17N3O2S2/c1-6-11(20-9(4)14-6)7(2)15-13-16-10(8(3)19-13)12(17)18-5/h7H,1-5H3,(H,15,16). The monoisotopic (exact) mass is 311 g/mol. The van der Waals surface area contributed by atoms with Crippen LogP contribution in [-0.4, -0.2) is 23.0 Å². The molecule has 2 rings (SSSR count). The average molecular weight is 311 g/mol. The van der Waals surface area contributed by atoms with Gasteiger partial charge in [0.25, 0.3) is 0 Å². The fourth-order valence-corrected chi connectivity index (χ4v) is 3.76. The summed E-state index contributed by atoms with van der Waals surface area (Å²) >= 11 is 3.13. The molecule has 20 heavy (non-hydrogen) atoms. The number of carbonyl (C=O) groups is 1. The summed E-state index contributed by atoms with van der Waals surface area (Å²) in [6, 6.07) is 0.109. The van der Waals surface area contributed by atoms with E-state index in [0.717, 1.165) is 20.7 Å². The molecule has 0 bridgehead atoms. The van der Waals surface area contributed by atoms with E-state index in [1.807, 2.05) is 20.8 Å². The molecule has 0 aliphatic heterocycles. The van der Waals surface area contributed by atoms with Crippen molar-refractivity contribution >= 4 is 33.8 Å². The minimum Gasteiger partial charge on any atom is -0.464 e. The Morgan fingerprint density at radius 3 is 2.50 bits per heavy atom. The normalized spacial score (nSPS) is 12.2. The molecule has 0 aromatic carbocycles. The van der Waals surface area contributed by atoms with Crippen molar-refractivity contribution in [3.63, 3.8) is 0 Å². The van der Waals surface area contributed by atoms with Crippen LogP contribution in [-0.2, 0) is 4.74 Å². The Kier molecular flexibility index (Phi) is 4.39. The van der Waals surface area contributed by atoms with E-state index in [1.54, 1.807) is 11.3 Å². The van der Waals surface area contributed by atoms with Gasteiger partial charge in [-0.2, -0.15) is 0 Å². The number of ether oxygens (including phenoxy) is 1. The van der Waals surface area contributed by atoms with Crippen molar-refractivity contribution in [2.45, 2.75) is 33.7 Å². The third kappa shape index (κ3) is 2.99. The molecule has 1 N–H and O–H groups in total. The van der Waals surface area contributed by atoms with Crippen molar-refractivity contribution in [3.05, 3.63) is 26.1 Å². The Morgan fingerprint density at radius 2 is 1.95 bits per heavy atom. The molecule has 0 aliphatic carbocycles. The second kappa shape index (κ2) is 5.88. The van der Waals surface area contributed by atoms with Crippen LogP contribution in [0.3, 0.4) is 0 Å². The van der Waals surface area contributed by atoms with Gasteiger partial charge in [-0.25, -0.2) is 14.8 Å². The largest absolute Gasteiger partial charge is 0.464 e. The summed E-state index contributed by atoms with van der Waals surface area (Å²) in [5.74, 6) is -0.399. The zero-order chi connectivity index (χ0) is 14.9. The number of carbonyl (C=O) groups excluding carboxylic acids is 1. The number of anilines is 1. The van der Waals surface area contributed by atoms with Gasteiger partial charge in [-0.15, -0.1) is 22.7 Å². The molecule has 108 valence electrons. The predicted octanol–water partition coefficient (Wildman–Crippen LogP) is 3.48. The Hall–Kier alpha value is -1.47. The van der Waals surface area contributed by atoms with Crippen LogP contribution in [0.1, 0.15) is 43.9 Å². The van der Waals surface area contributed by atoms with Crippen molar-refractivity contribution in [1.29, 1.82) is 0 Å². The highest BCUT2D eigenvalue weighted by Gasteiger charge is 2.18. The number of hydrogen-bond donors (Lipinski definition) is 1. The van der Waals surface area contributed by atoms with Gasteiger partial charge in [-0.05, 0) is 27.7 Å². The van der Waals surface area contributed by atoms with E-state index in [9.17, 15) is 4.79 Å². The van der Waals surface area contributed by atoms with E-state index in [4.69, 9.17) is 4.74 Å². The van der Waals surface area contributed by atoms with Crippen LogP contribution in [0.15, 0.2) is 0 Å². The molecule has 1 atom stereocenters. The van der Waals surface area contributed by atoms with Crippen molar-refractivity contribution in [2.75, 3.05) is 12.4 Å². The number of aryl methyl sites for hydroxylation is 3. The lowest BCUT2D eigenvalue weighted by Gasteiger charge is -2.11. The van der Waals surface area contributed by atoms with Crippen LogP contribution in [0, 0.1) is 20.8 Å². The predicted molar refractivity (Wildman–Crippen MR) is 81.8 cm³/mol. The molecule has 0 radical (unpaired) electrons. The molecule has 2 heterocycles. The van der Waals surface area contributed by atoms with E-state index in [-0.39, 0.29) is 6.04 Å². The van der Waals surface area contributed by atoms with Crippen LogP contribution in [0.25, 0.3) is 0 Å². The number of methoxy groups -OCH3 is 1. The van der Waals surface area contributed by atoms with Gasteiger partial charge in [-0.3, -0.25) is 0 Å². The molecule has 2 aromatic rings. The second-order valence-electron chi connectivity index (χ2n) is 4.46. The summed E-state index contributed by atoms with van der Waals surface area (Å²) in [5.41, 5.74) is 1.42. The summed E-state index contributed by atoms with van der Waals surface area (Å²) in [6.07, 6.45) is 0. The first-order chi connectivity index (χ1) is 9.42. The number of hydrogen-bond acceptors (Lipinski definition) is 7. The van der Waals surface area contributed by atoms with Gasteiger partial charge in [-0.1, -0.05) is 0 Å². The summed E-state index contributed by atoms with van der Waals surface area (Å²) < 4.78 is 4.71. The van der Waals surface area contributed by atoms with E-state index >= 15 is 0 Å². The van der Waals surface area contributed by atoms with Crippen LogP contribution in [0.2, 0.25) is 0 Å². The summed E-state index contributed by atoms with van der Waals surface area (Å²) in [6.45, 7) is 7.93. The quantitative estimate of drug-likeness (QED) is 0.876. The molecule has 2 aromatic heterocycles. The first-order valence-corrected chi connectivity index (χ1v) is 7.82. The fourth-order valence-electron chi connectivity index (χ4n) is 1.94. The SMILES string of the molecule is COC(=O)c1nc(NC(C)c2sc(C)nc2C)sc1C. The van der Waals surface area contributed by atoms with Gasteiger partial charge in [0, 0.05) is 9.75 Å². The number of esters is 1. The van der Waals surface area contributed by atoms with Crippen molar-refractivity contribution in [1.82, 2.24) is 9.97 Å². The Labute approximate surface area is 126 Å². The molecule has 0 spiro atoms. The third-order valence-electron chi connectivity index (χ3n) is 2.85. The minimum absolute atomic E-state index is 0.109. The van der Waals surface area contributed by atoms with Gasteiger partial charge in [0.15, 0.2) is 10.8 Å². The molecule has 1 unspecified atom stereocenters. The molecule has 0 amide bonds. The summed E-state index contributed by atoms with van der Waals surface area (Å²) in [5, 5.41) is 5.10. The smallest absolute Gasteiger partial charge is 0.357 e. The van der Waals surface area contributed by atoms with Gasteiger partial charge in [0.05, 0.1) is 23.9 Å². The van der Waals surface area contributed by atoms with Crippen LogP contribution in [0.4, 0.5) is 5.13 Å². The fraction of sp³-hybridized carbons (Fsp3) is 0.462. The molecule has 0 saturated heterocycles. The molecular formula is C13H17N3O2S2. The maximum absolute atomic E-state index is 11.5. The van der Waals surface area contributed by atoms with Gasteiger partial charge in [0.2, 0.25) is 0 Å². The van der Waals surface area contributed by atoms with E-state index < -0.39 is 5.97 Å². The number of thiazole rings is 2. The minimum atomic E-state index is -0.399. The lowest BCUT2D eigenvalue weighted by atomic mass is 10.2. The molecule has 0 saturated carbocycles. The highest BCUT2D eigenvalue weighted by atomic mass is 32.1. The Bertz CT molecular complexity index is 634. The van der Waals surface area contributed by atoms with Crippen LogP contribution < -0.4 is 5.32 Å². The molecule has 0 aliphatic rings. The molecule has 7 heteroatoms. The first kappa shape index (κ1) is 14.9.